The van der Waals surface area contributed by atoms with Gasteiger partial charge in [-0.1, -0.05) is 0 Å². The number of H-pyrrole nitrogens is 1. The van der Waals surface area contributed by atoms with Crippen molar-refractivity contribution in [2.45, 2.75) is 0 Å². The fourth-order valence-corrected chi connectivity index (χ4v) is 2.81. The standard InChI is InChI=1S/C15H12N6O2/c1-21-6-8(4-18-21)14-11-5-17-20-15(23)10-2-9(16-7-22)3-12(19-14)13(10)11/h2-7,19H,1H3,(H,16,22)(H,20,23). The zero-order chi connectivity index (χ0) is 16.0. The van der Waals surface area contributed by atoms with E-state index in [1.54, 1.807) is 29.2 Å². The third-order valence-electron chi connectivity index (χ3n) is 3.76. The summed E-state index contributed by atoms with van der Waals surface area (Å²) in [6.45, 7) is 0. The Morgan fingerprint density at radius 3 is 2.96 bits per heavy atom. The molecule has 8 heteroatoms. The first-order valence-corrected chi connectivity index (χ1v) is 6.89. The number of hydrogen-bond acceptors (Lipinski definition) is 4. The van der Waals surface area contributed by atoms with E-state index in [1.165, 1.54) is 0 Å². The molecule has 0 unspecified atom stereocenters. The molecule has 1 aliphatic heterocycles. The second kappa shape index (κ2) is 4.80. The molecule has 3 heterocycles. The molecule has 114 valence electrons. The van der Waals surface area contributed by atoms with Crippen LogP contribution in [-0.4, -0.2) is 33.3 Å². The topological polar surface area (TPSA) is 104 Å². The molecule has 0 saturated heterocycles. The number of nitrogens with zero attached hydrogens (tertiary/aromatic N) is 3. The smallest absolute Gasteiger partial charge is 0.272 e. The van der Waals surface area contributed by atoms with Gasteiger partial charge in [-0.15, -0.1) is 0 Å². The Bertz CT molecular complexity index is 981. The quantitative estimate of drug-likeness (QED) is 0.633. The lowest BCUT2D eigenvalue weighted by molar-refractivity contribution is -0.105. The summed E-state index contributed by atoms with van der Waals surface area (Å²) in [6, 6.07) is 3.41. The highest BCUT2D eigenvalue weighted by Crippen LogP contribution is 2.34. The monoisotopic (exact) mass is 308 g/mol. The Hall–Kier alpha value is -3.42. The second-order valence-electron chi connectivity index (χ2n) is 5.22. The molecule has 0 radical (unpaired) electrons. The number of aryl methyl sites for hydroxylation is 1. The van der Waals surface area contributed by atoms with Gasteiger partial charge in [-0.3, -0.25) is 14.3 Å². The first-order valence-electron chi connectivity index (χ1n) is 6.89. The van der Waals surface area contributed by atoms with Crippen LogP contribution in [0.25, 0.3) is 22.2 Å². The average molecular weight is 308 g/mol. The minimum Gasteiger partial charge on any atom is -0.354 e. The molecule has 0 atom stereocenters. The number of carbonyl (C=O) groups is 2. The van der Waals surface area contributed by atoms with Crippen molar-refractivity contribution in [2.24, 2.45) is 12.1 Å². The lowest BCUT2D eigenvalue weighted by Crippen LogP contribution is -2.16. The van der Waals surface area contributed by atoms with Crippen molar-refractivity contribution in [3.05, 3.63) is 35.7 Å². The van der Waals surface area contributed by atoms with Crippen LogP contribution in [0.4, 0.5) is 5.69 Å². The van der Waals surface area contributed by atoms with Gasteiger partial charge in [-0.05, 0) is 12.1 Å². The fourth-order valence-electron chi connectivity index (χ4n) is 2.81. The molecule has 0 bridgehead atoms. The largest absolute Gasteiger partial charge is 0.354 e. The summed E-state index contributed by atoms with van der Waals surface area (Å²) in [5.74, 6) is -0.323. The van der Waals surface area contributed by atoms with E-state index >= 15 is 0 Å². The van der Waals surface area contributed by atoms with Crippen molar-refractivity contribution in [3.63, 3.8) is 0 Å². The summed E-state index contributed by atoms with van der Waals surface area (Å²) < 4.78 is 1.70. The number of anilines is 1. The van der Waals surface area contributed by atoms with E-state index in [0.29, 0.717) is 17.7 Å². The molecule has 2 aromatic heterocycles. The second-order valence-corrected chi connectivity index (χ2v) is 5.22. The fraction of sp³-hybridized carbons (Fsp3) is 0.0667. The molecule has 1 aliphatic rings. The number of carbonyl (C=O) groups excluding carboxylic acids is 2. The molecule has 0 saturated carbocycles. The predicted molar refractivity (Wildman–Crippen MR) is 85.2 cm³/mol. The maximum atomic E-state index is 12.2. The molecule has 1 aromatic carbocycles. The van der Waals surface area contributed by atoms with Crippen LogP contribution < -0.4 is 10.7 Å². The van der Waals surface area contributed by atoms with E-state index in [1.807, 2.05) is 13.2 Å². The third kappa shape index (κ3) is 2.00. The van der Waals surface area contributed by atoms with Gasteiger partial charge >= 0.3 is 0 Å². The lowest BCUT2D eigenvalue weighted by Gasteiger charge is -2.04. The van der Waals surface area contributed by atoms with Crippen molar-refractivity contribution >= 4 is 35.1 Å². The molecular weight excluding hydrogens is 296 g/mol. The first-order chi connectivity index (χ1) is 11.2. The van der Waals surface area contributed by atoms with Crippen LogP contribution in [-0.2, 0) is 11.8 Å². The normalized spacial score (nSPS) is 13.0. The van der Waals surface area contributed by atoms with E-state index in [4.69, 9.17) is 0 Å². The van der Waals surface area contributed by atoms with Crippen LogP contribution in [0.2, 0.25) is 0 Å². The molecule has 2 amide bonds. The Kier molecular flexibility index (Phi) is 2.77. The van der Waals surface area contributed by atoms with Crippen LogP contribution in [0.1, 0.15) is 15.9 Å². The highest BCUT2D eigenvalue weighted by atomic mass is 16.2. The first kappa shape index (κ1) is 13.3. The van der Waals surface area contributed by atoms with Gasteiger partial charge in [0.05, 0.1) is 23.7 Å². The minimum atomic E-state index is -0.323. The highest BCUT2D eigenvalue weighted by Gasteiger charge is 2.22. The van der Waals surface area contributed by atoms with E-state index < -0.39 is 0 Å². The Morgan fingerprint density at radius 1 is 1.35 bits per heavy atom. The number of benzene rings is 1. The van der Waals surface area contributed by atoms with Crippen molar-refractivity contribution in [1.82, 2.24) is 20.2 Å². The number of hydrogen-bond donors (Lipinski definition) is 3. The van der Waals surface area contributed by atoms with Crippen LogP contribution in [0.5, 0.6) is 0 Å². The summed E-state index contributed by atoms with van der Waals surface area (Å²) in [7, 11) is 1.83. The Morgan fingerprint density at radius 2 is 2.22 bits per heavy atom. The van der Waals surface area contributed by atoms with Crippen molar-refractivity contribution in [3.8, 4) is 11.3 Å². The predicted octanol–water partition coefficient (Wildman–Crippen LogP) is 1.21. The lowest BCUT2D eigenvalue weighted by atomic mass is 10.0. The van der Waals surface area contributed by atoms with Crippen LogP contribution >= 0.6 is 0 Å². The molecule has 3 N–H and O–H groups in total. The summed E-state index contributed by atoms with van der Waals surface area (Å²) in [4.78, 5) is 26.2. The number of nitrogens with one attached hydrogen (secondary N) is 3. The van der Waals surface area contributed by atoms with Gasteiger partial charge in [0, 0.05) is 41.0 Å². The number of hydrazone groups is 1. The molecule has 0 spiro atoms. The summed E-state index contributed by atoms with van der Waals surface area (Å²) >= 11 is 0. The zero-order valence-corrected chi connectivity index (χ0v) is 12.1. The van der Waals surface area contributed by atoms with Gasteiger partial charge in [0.25, 0.3) is 5.91 Å². The SMILES string of the molecule is Cn1cc(-c2[nH]c3cc(NC=O)cc4c3c2C=NNC4=O)cn1. The molecule has 4 rings (SSSR count). The maximum Gasteiger partial charge on any atom is 0.272 e. The molecule has 0 aliphatic carbocycles. The number of aromatic amines is 1. The molecule has 0 fully saturated rings. The van der Waals surface area contributed by atoms with Crippen LogP contribution in [0.3, 0.4) is 0 Å². The number of aromatic nitrogens is 3. The summed E-state index contributed by atoms with van der Waals surface area (Å²) in [6.07, 6.45) is 5.80. The van der Waals surface area contributed by atoms with Gasteiger partial charge in [0.15, 0.2) is 0 Å². The molecule has 23 heavy (non-hydrogen) atoms. The van der Waals surface area contributed by atoms with Gasteiger partial charge in [0.1, 0.15) is 0 Å². The van der Waals surface area contributed by atoms with Crippen molar-refractivity contribution < 1.29 is 9.59 Å². The van der Waals surface area contributed by atoms with Crippen LogP contribution in [0.15, 0.2) is 29.6 Å². The molecular formula is C15H12N6O2. The van der Waals surface area contributed by atoms with Crippen molar-refractivity contribution in [1.29, 1.82) is 0 Å². The number of rotatable bonds is 3. The van der Waals surface area contributed by atoms with Gasteiger partial charge in [-0.25, -0.2) is 5.43 Å². The van der Waals surface area contributed by atoms with E-state index in [0.717, 1.165) is 27.7 Å². The highest BCUT2D eigenvalue weighted by molar-refractivity contribution is 6.18. The van der Waals surface area contributed by atoms with Gasteiger partial charge in [-0.2, -0.15) is 10.2 Å². The Labute approximate surface area is 130 Å². The molecule has 3 aromatic rings. The van der Waals surface area contributed by atoms with E-state index in [9.17, 15) is 9.59 Å². The van der Waals surface area contributed by atoms with E-state index in [-0.39, 0.29) is 5.91 Å². The third-order valence-corrected chi connectivity index (χ3v) is 3.76. The Balaban J connectivity index is 2.06. The zero-order valence-electron chi connectivity index (χ0n) is 12.1. The number of amides is 2. The summed E-state index contributed by atoms with van der Waals surface area (Å²) in [5, 5.41) is 11.5. The summed E-state index contributed by atoms with van der Waals surface area (Å²) in [5.41, 5.74) is 6.70. The van der Waals surface area contributed by atoms with Gasteiger partial charge in [0.2, 0.25) is 6.41 Å². The van der Waals surface area contributed by atoms with E-state index in [2.05, 4.69) is 25.9 Å². The average Bonchev–Trinajstić information content (AvgIpc) is 3.06. The van der Waals surface area contributed by atoms with Crippen molar-refractivity contribution in [2.75, 3.05) is 5.32 Å². The maximum absolute atomic E-state index is 12.2. The van der Waals surface area contributed by atoms with Gasteiger partial charge < -0.3 is 10.3 Å². The van der Waals surface area contributed by atoms with Crippen LogP contribution in [0, 0.1) is 0 Å². The molecule has 8 nitrogen and oxygen atoms in total. The minimum absolute atomic E-state index is 0.323.